The smallest absolute Gasteiger partial charge is 0.371 e. The van der Waals surface area contributed by atoms with Crippen molar-refractivity contribution in [1.82, 2.24) is 9.55 Å². The van der Waals surface area contributed by atoms with Gasteiger partial charge in [0, 0.05) is 18.0 Å². The number of hydrogen-bond donors (Lipinski definition) is 1. The maximum absolute atomic E-state index is 10.7. The zero-order valence-electron chi connectivity index (χ0n) is 9.04. The molecule has 2 aromatic heterocycles. The molecule has 0 radical (unpaired) electrons. The molecule has 2 rings (SSSR count). The number of carboxylic acid groups (broad SMARTS) is 1. The zero-order chi connectivity index (χ0) is 12.4. The molecule has 17 heavy (non-hydrogen) atoms. The summed E-state index contributed by atoms with van der Waals surface area (Å²) in [4.78, 5) is 14.6. The third-order valence-electron chi connectivity index (χ3n) is 2.39. The fourth-order valence-corrected chi connectivity index (χ4v) is 1.52. The van der Waals surface area contributed by atoms with Crippen LogP contribution in [0.25, 0.3) is 0 Å². The predicted octanol–water partition coefficient (Wildman–Crippen LogP) is 1.40. The third-order valence-corrected chi connectivity index (χ3v) is 2.39. The highest BCUT2D eigenvalue weighted by atomic mass is 16.4. The Kier molecular flexibility index (Phi) is 2.66. The number of imidazole rings is 1. The van der Waals surface area contributed by atoms with E-state index >= 15 is 0 Å². The van der Waals surface area contributed by atoms with E-state index in [9.17, 15) is 4.79 Å². The maximum Gasteiger partial charge on any atom is 0.371 e. The van der Waals surface area contributed by atoms with Crippen LogP contribution >= 0.6 is 0 Å². The molecule has 2 heterocycles. The first-order valence-electron chi connectivity index (χ1n) is 4.85. The van der Waals surface area contributed by atoms with E-state index in [0.29, 0.717) is 12.3 Å². The first-order valence-corrected chi connectivity index (χ1v) is 4.85. The Labute approximate surface area is 96.7 Å². The van der Waals surface area contributed by atoms with Gasteiger partial charge in [-0.15, -0.1) is 0 Å². The number of furan rings is 1. The number of carboxylic acids is 1. The molecule has 6 heteroatoms. The predicted molar refractivity (Wildman–Crippen MR) is 56.4 cm³/mol. The summed E-state index contributed by atoms with van der Waals surface area (Å²) in [7, 11) is 0. The Morgan fingerprint density at radius 1 is 1.71 bits per heavy atom. The highest BCUT2D eigenvalue weighted by molar-refractivity contribution is 5.84. The molecule has 0 spiro atoms. The molecule has 0 aliphatic heterocycles. The Bertz CT molecular complexity index is 604. The van der Waals surface area contributed by atoms with Gasteiger partial charge in [-0.1, -0.05) is 0 Å². The topological polar surface area (TPSA) is 92.0 Å². The summed E-state index contributed by atoms with van der Waals surface area (Å²) < 4.78 is 6.71. The number of aromatic carboxylic acids is 1. The molecule has 0 aliphatic rings. The van der Waals surface area contributed by atoms with E-state index in [1.807, 2.05) is 6.07 Å². The minimum absolute atomic E-state index is 0.101. The first kappa shape index (κ1) is 11.0. The van der Waals surface area contributed by atoms with Gasteiger partial charge in [-0.25, -0.2) is 9.78 Å². The molecule has 0 amide bonds. The van der Waals surface area contributed by atoms with Crippen LogP contribution in [0.3, 0.4) is 0 Å². The lowest BCUT2D eigenvalue weighted by atomic mass is 10.2. The van der Waals surface area contributed by atoms with Gasteiger partial charge in [-0.3, -0.25) is 0 Å². The number of nitriles is 1. The van der Waals surface area contributed by atoms with Crippen LogP contribution in [-0.4, -0.2) is 20.6 Å². The lowest BCUT2D eigenvalue weighted by Gasteiger charge is -2.01. The Hall–Kier alpha value is -2.55. The van der Waals surface area contributed by atoms with Crippen LogP contribution in [0.2, 0.25) is 0 Å². The molecule has 6 nitrogen and oxygen atoms in total. The molecule has 0 aliphatic carbocycles. The van der Waals surface area contributed by atoms with Gasteiger partial charge in [0.25, 0.3) is 0 Å². The molecule has 0 bridgehead atoms. The molecular weight excluding hydrogens is 222 g/mol. The van der Waals surface area contributed by atoms with Crippen molar-refractivity contribution < 1.29 is 14.3 Å². The van der Waals surface area contributed by atoms with Crippen LogP contribution in [0.1, 0.15) is 27.7 Å². The van der Waals surface area contributed by atoms with Crippen LogP contribution in [-0.2, 0) is 6.54 Å². The van der Waals surface area contributed by atoms with E-state index in [2.05, 4.69) is 4.98 Å². The number of nitrogens with zero attached hydrogens (tertiary/aromatic N) is 3. The summed E-state index contributed by atoms with van der Waals surface area (Å²) in [6.07, 6.45) is 3.18. The zero-order valence-corrected chi connectivity index (χ0v) is 9.04. The largest absolute Gasteiger partial charge is 0.475 e. The summed E-state index contributed by atoms with van der Waals surface area (Å²) in [5.41, 5.74) is 0.719. The standard InChI is InChI=1S/C11H9N3O3/c1-7-8(4-9(17-7)11(15)16)6-14-3-2-13-10(14)5-12/h2-4H,6H2,1H3,(H,15,16). The lowest BCUT2D eigenvalue weighted by molar-refractivity contribution is 0.0661. The monoisotopic (exact) mass is 231 g/mol. The van der Waals surface area contributed by atoms with Crippen LogP contribution < -0.4 is 0 Å². The quantitative estimate of drug-likeness (QED) is 0.861. The average molecular weight is 231 g/mol. The van der Waals surface area contributed by atoms with Crippen molar-refractivity contribution in [2.24, 2.45) is 0 Å². The van der Waals surface area contributed by atoms with E-state index in [1.165, 1.54) is 12.3 Å². The highest BCUT2D eigenvalue weighted by Gasteiger charge is 2.14. The van der Waals surface area contributed by atoms with E-state index in [0.717, 1.165) is 5.56 Å². The van der Waals surface area contributed by atoms with Crippen molar-refractivity contribution in [2.75, 3.05) is 0 Å². The van der Waals surface area contributed by atoms with Crippen molar-refractivity contribution >= 4 is 5.97 Å². The second kappa shape index (κ2) is 4.14. The first-order chi connectivity index (χ1) is 8.11. The fourth-order valence-electron chi connectivity index (χ4n) is 1.52. The third kappa shape index (κ3) is 2.03. The molecule has 0 saturated heterocycles. The second-order valence-corrected chi connectivity index (χ2v) is 3.49. The van der Waals surface area contributed by atoms with Gasteiger partial charge < -0.3 is 14.1 Å². The van der Waals surface area contributed by atoms with Crippen LogP contribution in [0.4, 0.5) is 0 Å². The molecule has 0 atom stereocenters. The van der Waals surface area contributed by atoms with Gasteiger partial charge in [0.15, 0.2) is 0 Å². The molecule has 0 fully saturated rings. The van der Waals surface area contributed by atoms with E-state index in [-0.39, 0.29) is 11.6 Å². The second-order valence-electron chi connectivity index (χ2n) is 3.49. The van der Waals surface area contributed by atoms with E-state index in [4.69, 9.17) is 14.8 Å². The minimum atomic E-state index is -1.11. The minimum Gasteiger partial charge on any atom is -0.475 e. The molecule has 0 aromatic carbocycles. The summed E-state index contributed by atoms with van der Waals surface area (Å²) >= 11 is 0. The van der Waals surface area contributed by atoms with Gasteiger partial charge in [0.2, 0.25) is 11.6 Å². The number of rotatable bonds is 3. The lowest BCUT2D eigenvalue weighted by Crippen LogP contribution is -2.01. The number of aromatic nitrogens is 2. The van der Waals surface area contributed by atoms with E-state index in [1.54, 1.807) is 17.7 Å². The van der Waals surface area contributed by atoms with Crippen LogP contribution in [0.5, 0.6) is 0 Å². The van der Waals surface area contributed by atoms with Gasteiger partial charge in [0.1, 0.15) is 11.8 Å². The van der Waals surface area contributed by atoms with Gasteiger partial charge in [0.05, 0.1) is 6.54 Å². The van der Waals surface area contributed by atoms with Gasteiger partial charge in [-0.05, 0) is 13.0 Å². The molecule has 1 N–H and O–H groups in total. The van der Waals surface area contributed by atoms with Gasteiger partial charge in [-0.2, -0.15) is 5.26 Å². The van der Waals surface area contributed by atoms with Crippen LogP contribution in [0.15, 0.2) is 22.9 Å². The SMILES string of the molecule is Cc1oc(C(=O)O)cc1Cn1ccnc1C#N. The van der Waals surface area contributed by atoms with Crippen molar-refractivity contribution in [3.05, 3.63) is 41.4 Å². The van der Waals surface area contributed by atoms with Crippen molar-refractivity contribution in [2.45, 2.75) is 13.5 Å². The summed E-state index contributed by atoms with van der Waals surface area (Å²) in [6.45, 7) is 2.05. The maximum atomic E-state index is 10.7. The number of carbonyl (C=O) groups is 1. The molecule has 0 saturated carbocycles. The molecular formula is C11H9N3O3. The fraction of sp³-hybridized carbons (Fsp3) is 0.182. The number of aryl methyl sites for hydroxylation is 1. The summed E-state index contributed by atoms with van der Waals surface area (Å²) in [5.74, 6) is -0.399. The molecule has 0 unspecified atom stereocenters. The van der Waals surface area contributed by atoms with Crippen LogP contribution in [0, 0.1) is 18.3 Å². The Balaban J connectivity index is 2.31. The van der Waals surface area contributed by atoms with E-state index < -0.39 is 5.97 Å². The normalized spacial score (nSPS) is 10.1. The molecule has 86 valence electrons. The summed E-state index contributed by atoms with van der Waals surface area (Å²) in [6, 6.07) is 3.41. The van der Waals surface area contributed by atoms with Crippen molar-refractivity contribution in [3.8, 4) is 6.07 Å². The highest BCUT2D eigenvalue weighted by Crippen LogP contribution is 2.16. The van der Waals surface area contributed by atoms with Gasteiger partial charge >= 0.3 is 5.97 Å². The Morgan fingerprint density at radius 3 is 3.06 bits per heavy atom. The average Bonchev–Trinajstić information content (AvgIpc) is 2.87. The summed E-state index contributed by atoms with van der Waals surface area (Å²) in [5, 5.41) is 17.6. The Morgan fingerprint density at radius 2 is 2.47 bits per heavy atom. The molecule has 2 aromatic rings. The van der Waals surface area contributed by atoms with Crippen molar-refractivity contribution in [1.29, 1.82) is 5.26 Å². The number of hydrogen-bond acceptors (Lipinski definition) is 4. The van der Waals surface area contributed by atoms with Crippen molar-refractivity contribution in [3.63, 3.8) is 0 Å².